The minimum Gasteiger partial charge on any atom is -0.481 e. The first kappa shape index (κ1) is 14.6. The van der Waals surface area contributed by atoms with Crippen LogP contribution in [0.2, 0.25) is 0 Å². The number of para-hydroxylation sites is 1. The number of rotatable bonds is 3. The number of hydrogen-bond acceptors (Lipinski definition) is 4. The number of H-pyrrole nitrogens is 1. The molecule has 0 saturated carbocycles. The molecular formula is C17H13N3O3S. The first-order valence-electron chi connectivity index (χ1n) is 7.35. The summed E-state index contributed by atoms with van der Waals surface area (Å²) in [4.78, 5) is 27.1. The van der Waals surface area contributed by atoms with Crippen LogP contribution in [0.5, 0.6) is 0 Å². The van der Waals surface area contributed by atoms with Crippen LogP contribution in [0.25, 0.3) is 27.5 Å². The molecule has 0 aliphatic rings. The number of carbonyl (C=O) groups is 1. The summed E-state index contributed by atoms with van der Waals surface area (Å²) in [6, 6.07) is 9.37. The molecule has 4 rings (SSSR count). The number of pyridine rings is 1. The lowest BCUT2D eigenvalue weighted by molar-refractivity contribution is -0.136. The normalized spacial score (nSPS) is 11.4. The molecule has 0 saturated heterocycles. The average Bonchev–Trinajstić information content (AvgIpc) is 3.11. The number of fused-ring (bicyclic) bond motifs is 3. The number of aromatic nitrogens is 3. The second-order valence-corrected chi connectivity index (χ2v) is 6.52. The van der Waals surface area contributed by atoms with Crippen LogP contribution in [0, 0.1) is 6.92 Å². The minimum atomic E-state index is -0.894. The number of hydrogen-bond donors (Lipinski definition) is 2. The van der Waals surface area contributed by atoms with E-state index in [1.54, 1.807) is 11.6 Å². The van der Waals surface area contributed by atoms with Gasteiger partial charge in [-0.25, -0.2) is 4.68 Å². The summed E-state index contributed by atoms with van der Waals surface area (Å²) < 4.78 is 1.69. The van der Waals surface area contributed by atoms with E-state index in [9.17, 15) is 9.59 Å². The predicted molar refractivity (Wildman–Crippen MR) is 93.2 cm³/mol. The Hall–Kier alpha value is -2.93. The molecule has 0 unspecified atom stereocenters. The van der Waals surface area contributed by atoms with Crippen LogP contribution in [-0.4, -0.2) is 25.8 Å². The van der Waals surface area contributed by atoms with Crippen LogP contribution >= 0.6 is 11.3 Å². The van der Waals surface area contributed by atoms with Gasteiger partial charge in [0.2, 0.25) is 0 Å². The molecule has 0 aliphatic heterocycles. The second kappa shape index (κ2) is 5.31. The molecule has 0 fully saturated rings. The molecule has 0 bridgehead atoms. The van der Waals surface area contributed by atoms with E-state index in [4.69, 9.17) is 5.11 Å². The molecule has 2 N–H and O–H groups in total. The van der Waals surface area contributed by atoms with Crippen molar-refractivity contribution in [2.24, 2.45) is 0 Å². The summed E-state index contributed by atoms with van der Waals surface area (Å²) in [6.07, 6.45) is -0.0749. The first-order chi connectivity index (χ1) is 11.6. The van der Waals surface area contributed by atoms with E-state index in [0.29, 0.717) is 27.2 Å². The van der Waals surface area contributed by atoms with Crippen molar-refractivity contribution in [3.63, 3.8) is 0 Å². The summed E-state index contributed by atoms with van der Waals surface area (Å²) in [5.41, 5.74) is 2.56. The third-order valence-corrected chi connectivity index (χ3v) is 4.89. The van der Waals surface area contributed by atoms with Gasteiger partial charge in [-0.3, -0.25) is 9.59 Å². The number of aryl methyl sites for hydroxylation is 1. The molecule has 24 heavy (non-hydrogen) atoms. The summed E-state index contributed by atoms with van der Waals surface area (Å²) in [6.45, 7) is 1.78. The molecule has 0 atom stereocenters. The molecule has 0 aliphatic carbocycles. The monoisotopic (exact) mass is 339 g/mol. The zero-order valence-electron chi connectivity index (χ0n) is 12.7. The maximum absolute atomic E-state index is 12.5. The zero-order valence-corrected chi connectivity index (χ0v) is 13.6. The number of nitrogens with zero attached hydrogens (tertiary/aromatic N) is 2. The zero-order chi connectivity index (χ0) is 16.8. The van der Waals surface area contributed by atoms with Crippen molar-refractivity contribution in [2.45, 2.75) is 13.3 Å². The first-order valence-corrected chi connectivity index (χ1v) is 8.23. The highest BCUT2D eigenvalue weighted by Crippen LogP contribution is 2.29. The van der Waals surface area contributed by atoms with Gasteiger partial charge in [-0.2, -0.15) is 5.10 Å². The largest absolute Gasteiger partial charge is 0.481 e. The topological polar surface area (TPSA) is 88.0 Å². The van der Waals surface area contributed by atoms with Crippen molar-refractivity contribution in [3.05, 3.63) is 56.6 Å². The molecule has 1 aromatic carbocycles. The van der Waals surface area contributed by atoms with E-state index in [2.05, 4.69) is 10.1 Å². The number of benzene rings is 1. The fourth-order valence-corrected chi connectivity index (χ4v) is 3.84. The van der Waals surface area contributed by atoms with E-state index < -0.39 is 5.97 Å². The van der Waals surface area contributed by atoms with Gasteiger partial charge in [0.15, 0.2) is 0 Å². The van der Waals surface area contributed by atoms with Gasteiger partial charge in [-0.15, -0.1) is 11.3 Å². The molecule has 120 valence electrons. The van der Waals surface area contributed by atoms with E-state index in [1.807, 2.05) is 35.7 Å². The van der Waals surface area contributed by atoms with Crippen LogP contribution < -0.4 is 5.56 Å². The van der Waals surface area contributed by atoms with Crippen LogP contribution in [0.15, 0.2) is 40.5 Å². The lowest BCUT2D eigenvalue weighted by Gasteiger charge is -2.06. The quantitative estimate of drug-likeness (QED) is 0.601. The van der Waals surface area contributed by atoms with Crippen molar-refractivity contribution < 1.29 is 9.90 Å². The maximum Gasteiger partial charge on any atom is 0.308 e. The number of nitrogens with one attached hydrogen (secondary N) is 1. The van der Waals surface area contributed by atoms with Gasteiger partial charge in [0.1, 0.15) is 0 Å². The molecule has 3 aromatic heterocycles. The summed E-state index contributed by atoms with van der Waals surface area (Å²) in [5, 5.41) is 16.9. The van der Waals surface area contributed by atoms with Gasteiger partial charge in [-0.1, -0.05) is 18.2 Å². The number of aliphatic carboxylic acids is 1. The molecule has 3 heterocycles. The van der Waals surface area contributed by atoms with E-state index in [1.165, 1.54) is 11.3 Å². The number of aromatic amines is 1. The van der Waals surface area contributed by atoms with E-state index in [-0.39, 0.29) is 12.0 Å². The SMILES string of the molecule is Cc1nn(-c2ccsc2CC(=O)O)c2c1c(=O)[nH]c1ccccc12. The molecule has 0 radical (unpaired) electrons. The van der Waals surface area contributed by atoms with Crippen molar-refractivity contribution in [3.8, 4) is 5.69 Å². The Bertz CT molecular complexity index is 1150. The van der Waals surface area contributed by atoms with Gasteiger partial charge >= 0.3 is 5.97 Å². The van der Waals surface area contributed by atoms with Crippen molar-refractivity contribution in [1.82, 2.24) is 14.8 Å². The van der Waals surface area contributed by atoms with Crippen LogP contribution in [0.4, 0.5) is 0 Å². The van der Waals surface area contributed by atoms with Gasteiger partial charge in [0.05, 0.1) is 34.2 Å². The standard InChI is InChI=1S/C17H13N3O3S/c1-9-15-16(10-4-2-3-5-11(10)18-17(15)23)20(19-9)12-6-7-24-13(12)8-14(21)22/h2-7H,8H2,1H3,(H,18,23)(H,21,22). The highest BCUT2D eigenvalue weighted by Gasteiger charge is 2.19. The van der Waals surface area contributed by atoms with Crippen molar-refractivity contribution >= 4 is 39.1 Å². The number of carboxylic acids is 1. The smallest absolute Gasteiger partial charge is 0.308 e. The molecule has 6 nitrogen and oxygen atoms in total. The fraction of sp³-hybridized carbons (Fsp3) is 0.118. The van der Waals surface area contributed by atoms with Crippen molar-refractivity contribution in [2.75, 3.05) is 0 Å². The Labute approximate surface area is 140 Å². The summed E-state index contributed by atoms with van der Waals surface area (Å²) in [5.74, 6) is -0.894. The van der Waals surface area contributed by atoms with E-state index in [0.717, 1.165) is 10.9 Å². The Balaban J connectivity index is 2.13. The van der Waals surface area contributed by atoms with Crippen LogP contribution in [-0.2, 0) is 11.2 Å². The van der Waals surface area contributed by atoms with Gasteiger partial charge in [0.25, 0.3) is 5.56 Å². The third kappa shape index (κ3) is 2.13. The van der Waals surface area contributed by atoms with Gasteiger partial charge in [-0.05, 0) is 24.4 Å². The molecule has 7 heteroatoms. The Morgan fingerprint density at radius 2 is 2.12 bits per heavy atom. The lowest BCUT2D eigenvalue weighted by atomic mass is 10.1. The molecular weight excluding hydrogens is 326 g/mol. The lowest BCUT2D eigenvalue weighted by Crippen LogP contribution is -2.08. The highest BCUT2D eigenvalue weighted by atomic mass is 32.1. The number of carboxylic acid groups (broad SMARTS) is 1. The fourth-order valence-electron chi connectivity index (χ4n) is 3.00. The van der Waals surface area contributed by atoms with Crippen LogP contribution in [0.3, 0.4) is 0 Å². The third-order valence-electron chi connectivity index (χ3n) is 3.98. The Morgan fingerprint density at radius 1 is 1.33 bits per heavy atom. The van der Waals surface area contributed by atoms with E-state index >= 15 is 0 Å². The van der Waals surface area contributed by atoms with Crippen molar-refractivity contribution in [1.29, 1.82) is 0 Å². The second-order valence-electron chi connectivity index (χ2n) is 5.52. The molecule has 4 aromatic rings. The summed E-state index contributed by atoms with van der Waals surface area (Å²) >= 11 is 1.37. The predicted octanol–water partition coefficient (Wildman–Crippen LogP) is 2.86. The van der Waals surface area contributed by atoms with Gasteiger partial charge < -0.3 is 10.1 Å². The molecule has 0 spiro atoms. The average molecular weight is 339 g/mol. The highest BCUT2D eigenvalue weighted by molar-refractivity contribution is 7.10. The summed E-state index contributed by atoms with van der Waals surface area (Å²) in [7, 11) is 0. The Morgan fingerprint density at radius 3 is 2.92 bits per heavy atom. The molecule has 0 amide bonds. The van der Waals surface area contributed by atoms with Crippen LogP contribution in [0.1, 0.15) is 10.6 Å². The minimum absolute atomic E-state index is 0.0749. The Kier molecular flexibility index (Phi) is 3.24. The number of thiophene rings is 1. The van der Waals surface area contributed by atoms with Gasteiger partial charge in [0, 0.05) is 10.3 Å². The maximum atomic E-state index is 12.5.